The van der Waals surface area contributed by atoms with Crippen molar-refractivity contribution in [1.82, 2.24) is 0 Å². The normalized spacial score (nSPS) is 19.5. The van der Waals surface area contributed by atoms with Crippen molar-refractivity contribution in [3.63, 3.8) is 0 Å². The molecule has 1 nitrogen and oxygen atoms in total. The van der Waals surface area contributed by atoms with Gasteiger partial charge in [0.25, 0.3) is 0 Å². The zero-order chi connectivity index (χ0) is 16.4. The van der Waals surface area contributed by atoms with Crippen molar-refractivity contribution in [2.24, 2.45) is 0 Å². The van der Waals surface area contributed by atoms with E-state index in [1.165, 1.54) is 28.7 Å². The average molecular weight is 314 g/mol. The largest absolute Gasteiger partial charge is 0.497 e. The van der Waals surface area contributed by atoms with E-state index in [-0.39, 0.29) is 0 Å². The molecule has 0 saturated heterocycles. The maximum atomic E-state index is 5.43. The van der Waals surface area contributed by atoms with Gasteiger partial charge in [-0.2, -0.15) is 0 Å². The van der Waals surface area contributed by atoms with Gasteiger partial charge in [-0.1, -0.05) is 66.7 Å². The molecule has 3 aromatic rings. The highest BCUT2D eigenvalue weighted by atomic mass is 16.5. The highest BCUT2D eigenvalue weighted by Gasteiger charge is 2.31. The Morgan fingerprint density at radius 3 is 2.12 bits per heavy atom. The minimum atomic E-state index is 0.406. The van der Waals surface area contributed by atoms with Crippen LogP contribution >= 0.6 is 0 Å². The third-order valence-electron chi connectivity index (χ3n) is 5.20. The van der Waals surface area contributed by atoms with Gasteiger partial charge in [0, 0.05) is 5.92 Å². The lowest BCUT2D eigenvalue weighted by Gasteiger charge is -2.35. The molecule has 0 bridgehead atoms. The Bertz CT molecular complexity index is 808. The number of fused-ring (bicyclic) bond motifs is 1. The van der Waals surface area contributed by atoms with E-state index in [1.54, 1.807) is 7.11 Å². The molecule has 2 atom stereocenters. The number of hydrogen-bond donors (Lipinski definition) is 0. The van der Waals surface area contributed by atoms with E-state index in [4.69, 9.17) is 4.74 Å². The summed E-state index contributed by atoms with van der Waals surface area (Å²) in [7, 11) is 1.74. The molecule has 3 aromatic carbocycles. The molecular weight excluding hydrogens is 292 g/mol. The summed E-state index contributed by atoms with van der Waals surface area (Å²) in [5, 5.41) is 0. The fourth-order valence-corrected chi connectivity index (χ4v) is 4.06. The molecular formula is C23H22O. The number of ether oxygens (including phenoxy) is 1. The van der Waals surface area contributed by atoms with Crippen LogP contribution in [0.15, 0.2) is 78.9 Å². The molecule has 0 radical (unpaired) electrons. The summed E-state index contributed by atoms with van der Waals surface area (Å²) in [6, 6.07) is 28.5. The van der Waals surface area contributed by atoms with E-state index in [0.29, 0.717) is 11.8 Å². The quantitative estimate of drug-likeness (QED) is 0.615. The molecule has 0 saturated carbocycles. The van der Waals surface area contributed by atoms with Gasteiger partial charge >= 0.3 is 0 Å². The molecule has 0 unspecified atom stereocenters. The SMILES string of the molecule is COc1ccc2c(c1)CC[C@H](c1ccccc1)[C@@H]2c1ccccc1. The first-order valence-corrected chi connectivity index (χ1v) is 8.63. The van der Waals surface area contributed by atoms with E-state index in [0.717, 1.165) is 12.2 Å². The van der Waals surface area contributed by atoms with Crippen molar-refractivity contribution in [2.45, 2.75) is 24.7 Å². The summed E-state index contributed by atoms with van der Waals surface area (Å²) in [6.45, 7) is 0. The van der Waals surface area contributed by atoms with Crippen LogP contribution in [-0.2, 0) is 6.42 Å². The van der Waals surface area contributed by atoms with Gasteiger partial charge in [-0.3, -0.25) is 0 Å². The lowest BCUT2D eigenvalue weighted by molar-refractivity contribution is 0.412. The monoisotopic (exact) mass is 314 g/mol. The standard InChI is InChI=1S/C23H22O/c1-24-20-13-15-22-19(16-20)12-14-21(17-8-4-2-5-9-17)23(22)18-10-6-3-7-11-18/h2-11,13,15-16,21,23H,12,14H2,1H3/t21-,23+/m1/s1. The summed E-state index contributed by atoms with van der Waals surface area (Å²) in [5.74, 6) is 1.89. The highest BCUT2D eigenvalue weighted by Crippen LogP contribution is 2.46. The predicted octanol–water partition coefficient (Wildman–Crippen LogP) is 5.56. The third-order valence-corrected chi connectivity index (χ3v) is 5.20. The van der Waals surface area contributed by atoms with Gasteiger partial charge in [0.05, 0.1) is 7.11 Å². The zero-order valence-corrected chi connectivity index (χ0v) is 14.0. The summed E-state index contributed by atoms with van der Waals surface area (Å²) in [4.78, 5) is 0. The van der Waals surface area contributed by atoms with Crippen molar-refractivity contribution in [2.75, 3.05) is 7.11 Å². The second kappa shape index (κ2) is 6.52. The van der Waals surface area contributed by atoms with Crippen LogP contribution in [0.3, 0.4) is 0 Å². The molecule has 1 aliphatic rings. The summed E-state index contributed by atoms with van der Waals surface area (Å²) in [6.07, 6.45) is 2.28. The predicted molar refractivity (Wildman–Crippen MR) is 98.8 cm³/mol. The Balaban J connectivity index is 1.84. The van der Waals surface area contributed by atoms with Crippen LogP contribution in [0, 0.1) is 0 Å². The lowest BCUT2D eigenvalue weighted by Crippen LogP contribution is -2.20. The van der Waals surface area contributed by atoms with Crippen LogP contribution in [0.4, 0.5) is 0 Å². The maximum absolute atomic E-state index is 5.43. The zero-order valence-electron chi connectivity index (χ0n) is 14.0. The number of benzene rings is 3. The van der Waals surface area contributed by atoms with Gasteiger partial charge < -0.3 is 4.74 Å². The van der Waals surface area contributed by atoms with Crippen molar-refractivity contribution in [1.29, 1.82) is 0 Å². The molecule has 1 heteroatoms. The minimum absolute atomic E-state index is 0.406. The molecule has 0 N–H and O–H groups in total. The molecule has 24 heavy (non-hydrogen) atoms. The van der Waals surface area contributed by atoms with Gasteiger partial charge in [-0.25, -0.2) is 0 Å². The Hall–Kier alpha value is -2.54. The third kappa shape index (κ3) is 2.71. The number of methoxy groups -OCH3 is 1. The van der Waals surface area contributed by atoms with Crippen molar-refractivity contribution in [3.8, 4) is 5.75 Å². The summed E-state index contributed by atoms with van der Waals surface area (Å²) < 4.78 is 5.43. The van der Waals surface area contributed by atoms with E-state index in [2.05, 4.69) is 78.9 Å². The summed E-state index contributed by atoms with van der Waals surface area (Å²) in [5.41, 5.74) is 5.71. The number of aryl methyl sites for hydroxylation is 1. The van der Waals surface area contributed by atoms with Crippen molar-refractivity contribution in [3.05, 3.63) is 101 Å². The molecule has 0 fully saturated rings. The Morgan fingerprint density at radius 1 is 0.792 bits per heavy atom. The number of rotatable bonds is 3. The van der Waals surface area contributed by atoms with Crippen LogP contribution in [0.2, 0.25) is 0 Å². The van der Waals surface area contributed by atoms with Crippen LogP contribution in [0.25, 0.3) is 0 Å². The topological polar surface area (TPSA) is 9.23 Å². The molecule has 4 rings (SSSR count). The summed E-state index contributed by atoms with van der Waals surface area (Å²) >= 11 is 0. The molecule has 0 aliphatic heterocycles. The first-order chi connectivity index (χ1) is 11.9. The molecule has 0 spiro atoms. The molecule has 0 aromatic heterocycles. The van der Waals surface area contributed by atoms with Gasteiger partial charge in [0.15, 0.2) is 0 Å². The first-order valence-electron chi connectivity index (χ1n) is 8.63. The Kier molecular flexibility index (Phi) is 4.08. The van der Waals surface area contributed by atoms with E-state index in [9.17, 15) is 0 Å². The van der Waals surface area contributed by atoms with Gasteiger partial charge in [-0.15, -0.1) is 0 Å². The second-order valence-electron chi connectivity index (χ2n) is 6.51. The minimum Gasteiger partial charge on any atom is -0.497 e. The molecule has 0 heterocycles. The van der Waals surface area contributed by atoms with Gasteiger partial charge in [0.1, 0.15) is 5.75 Å². The van der Waals surface area contributed by atoms with E-state index in [1.807, 2.05) is 0 Å². The lowest BCUT2D eigenvalue weighted by atomic mass is 9.69. The first kappa shape index (κ1) is 15.0. The van der Waals surface area contributed by atoms with Crippen LogP contribution in [-0.4, -0.2) is 7.11 Å². The highest BCUT2D eigenvalue weighted by molar-refractivity contribution is 5.47. The van der Waals surface area contributed by atoms with Crippen molar-refractivity contribution >= 4 is 0 Å². The van der Waals surface area contributed by atoms with Crippen LogP contribution in [0.5, 0.6) is 5.75 Å². The van der Waals surface area contributed by atoms with E-state index < -0.39 is 0 Å². The van der Waals surface area contributed by atoms with Crippen LogP contribution < -0.4 is 4.74 Å². The fraction of sp³-hybridized carbons (Fsp3) is 0.217. The van der Waals surface area contributed by atoms with Crippen LogP contribution in [0.1, 0.15) is 40.5 Å². The molecule has 0 amide bonds. The smallest absolute Gasteiger partial charge is 0.119 e. The molecule has 120 valence electrons. The Labute approximate surface area is 143 Å². The van der Waals surface area contributed by atoms with Gasteiger partial charge in [-0.05, 0) is 53.1 Å². The van der Waals surface area contributed by atoms with E-state index >= 15 is 0 Å². The molecule has 1 aliphatic carbocycles. The van der Waals surface area contributed by atoms with Crippen molar-refractivity contribution < 1.29 is 4.74 Å². The maximum Gasteiger partial charge on any atom is 0.119 e. The number of hydrogen-bond acceptors (Lipinski definition) is 1. The Morgan fingerprint density at radius 2 is 1.46 bits per heavy atom. The van der Waals surface area contributed by atoms with Gasteiger partial charge in [0.2, 0.25) is 0 Å². The second-order valence-corrected chi connectivity index (χ2v) is 6.51. The average Bonchev–Trinajstić information content (AvgIpc) is 2.68. The fourth-order valence-electron chi connectivity index (χ4n) is 4.06.